The highest BCUT2D eigenvalue weighted by Gasteiger charge is 2.29. The van der Waals surface area contributed by atoms with Crippen molar-refractivity contribution in [1.29, 1.82) is 0 Å². The van der Waals surface area contributed by atoms with Crippen LogP contribution in [-0.2, 0) is 44.4 Å². The minimum absolute atomic E-state index is 0.184. The number of aromatic nitrogens is 7. The molecule has 354 valence electrons. The Hall–Kier alpha value is -4.02. The van der Waals surface area contributed by atoms with Crippen LogP contribution in [0.1, 0.15) is 45.1 Å². The standard InChI is InChI=1S/C44H66ClN9O10/c1-35(31-53-34-46-33-49-53)64-42-28-36(4-9-40(42)45)37-29-47-44(48-30-37)50-41-32-54(39-7-5-38(6-8-39)52-10-14-57-15-11-52)51-43(41)63-13-3-12-56-18-19-59-22-23-61-26-27-62-25-24-60-21-20-58-17-16-55-2/h4,9,28-30,32-35,38-39H,3,5-8,10-27,31H2,1-2H3,(H,47,48,50)/t35-,38?,39?/m0/s1. The first-order valence-electron chi connectivity index (χ1n) is 22.4. The fourth-order valence-electron chi connectivity index (χ4n) is 7.34. The Kier molecular flexibility index (Phi) is 22.2. The van der Waals surface area contributed by atoms with E-state index in [2.05, 4.69) is 30.3 Å². The zero-order valence-electron chi connectivity index (χ0n) is 37.4. The number of anilines is 2. The molecule has 20 heteroatoms. The minimum Gasteiger partial charge on any atom is -0.487 e. The van der Waals surface area contributed by atoms with Crippen LogP contribution in [0.15, 0.2) is 49.4 Å². The molecule has 0 amide bonds. The van der Waals surface area contributed by atoms with Crippen LogP contribution in [0.5, 0.6) is 11.6 Å². The van der Waals surface area contributed by atoms with E-state index in [0.717, 1.165) is 63.1 Å². The summed E-state index contributed by atoms with van der Waals surface area (Å²) in [6, 6.07) is 6.49. The second kappa shape index (κ2) is 28.8. The number of morpholine rings is 1. The molecule has 4 heterocycles. The van der Waals surface area contributed by atoms with Crippen LogP contribution in [-0.4, -0.2) is 177 Å². The smallest absolute Gasteiger partial charge is 0.256 e. The summed E-state index contributed by atoms with van der Waals surface area (Å²) < 4.78 is 60.0. The fourth-order valence-corrected chi connectivity index (χ4v) is 7.50. The molecule has 1 aliphatic heterocycles. The Morgan fingerprint density at radius 2 is 1.38 bits per heavy atom. The van der Waals surface area contributed by atoms with Gasteiger partial charge in [0.1, 0.15) is 30.2 Å². The van der Waals surface area contributed by atoms with Crippen molar-refractivity contribution < 1.29 is 47.4 Å². The van der Waals surface area contributed by atoms with E-state index in [-0.39, 0.29) is 12.1 Å². The molecular weight excluding hydrogens is 850 g/mol. The summed E-state index contributed by atoms with van der Waals surface area (Å²) in [4.78, 5) is 15.9. The topological polar surface area (TPSA) is 182 Å². The largest absolute Gasteiger partial charge is 0.487 e. The van der Waals surface area contributed by atoms with Gasteiger partial charge in [-0.15, -0.1) is 5.10 Å². The lowest BCUT2D eigenvalue weighted by atomic mass is 9.90. The molecule has 64 heavy (non-hydrogen) atoms. The van der Waals surface area contributed by atoms with Crippen LogP contribution in [0.25, 0.3) is 11.1 Å². The monoisotopic (exact) mass is 915 g/mol. The Bertz CT molecular complexity index is 1830. The van der Waals surface area contributed by atoms with Gasteiger partial charge in [-0.05, 0) is 50.3 Å². The van der Waals surface area contributed by atoms with Crippen LogP contribution >= 0.6 is 11.6 Å². The molecule has 1 aromatic carbocycles. The highest BCUT2D eigenvalue weighted by molar-refractivity contribution is 6.32. The van der Waals surface area contributed by atoms with Crippen LogP contribution in [0.4, 0.5) is 11.6 Å². The number of benzene rings is 1. The summed E-state index contributed by atoms with van der Waals surface area (Å²) in [5.74, 6) is 1.50. The third-order valence-electron chi connectivity index (χ3n) is 10.7. The summed E-state index contributed by atoms with van der Waals surface area (Å²) in [7, 11) is 1.65. The molecule has 0 spiro atoms. The summed E-state index contributed by atoms with van der Waals surface area (Å²) in [5, 5.41) is 13.0. The highest BCUT2D eigenvalue weighted by Crippen LogP contribution is 2.35. The Morgan fingerprint density at radius 1 is 0.766 bits per heavy atom. The van der Waals surface area contributed by atoms with Gasteiger partial charge in [-0.25, -0.2) is 19.6 Å². The maximum Gasteiger partial charge on any atom is 0.256 e. The van der Waals surface area contributed by atoms with Gasteiger partial charge in [0.05, 0.1) is 123 Å². The van der Waals surface area contributed by atoms with Crippen molar-refractivity contribution in [1.82, 2.24) is 39.4 Å². The van der Waals surface area contributed by atoms with Crippen LogP contribution in [0, 0.1) is 0 Å². The van der Waals surface area contributed by atoms with Gasteiger partial charge in [-0.1, -0.05) is 17.7 Å². The molecule has 6 rings (SSSR count). The van der Waals surface area contributed by atoms with Crippen LogP contribution < -0.4 is 14.8 Å². The number of rotatable bonds is 32. The molecule has 1 atom stereocenters. The lowest BCUT2D eigenvalue weighted by Gasteiger charge is -2.38. The molecule has 2 fully saturated rings. The number of nitrogens with zero attached hydrogens (tertiary/aromatic N) is 8. The van der Waals surface area contributed by atoms with Gasteiger partial charge >= 0.3 is 0 Å². The maximum atomic E-state index is 6.51. The van der Waals surface area contributed by atoms with Crippen molar-refractivity contribution in [3.05, 3.63) is 54.5 Å². The van der Waals surface area contributed by atoms with Crippen molar-refractivity contribution in [2.75, 3.05) is 131 Å². The van der Waals surface area contributed by atoms with Crippen molar-refractivity contribution in [3.63, 3.8) is 0 Å². The van der Waals surface area contributed by atoms with E-state index < -0.39 is 0 Å². The van der Waals surface area contributed by atoms with Gasteiger partial charge in [0.15, 0.2) is 0 Å². The Morgan fingerprint density at radius 3 is 1.98 bits per heavy atom. The van der Waals surface area contributed by atoms with E-state index in [9.17, 15) is 0 Å². The van der Waals surface area contributed by atoms with E-state index in [1.165, 1.54) is 6.33 Å². The molecule has 19 nitrogen and oxygen atoms in total. The van der Waals surface area contributed by atoms with Crippen molar-refractivity contribution >= 4 is 23.2 Å². The predicted molar refractivity (Wildman–Crippen MR) is 239 cm³/mol. The second-order valence-electron chi connectivity index (χ2n) is 15.4. The third-order valence-corrected chi connectivity index (χ3v) is 11.0. The second-order valence-corrected chi connectivity index (χ2v) is 15.8. The van der Waals surface area contributed by atoms with Gasteiger partial charge in [0, 0.05) is 57.2 Å². The van der Waals surface area contributed by atoms with E-state index in [0.29, 0.717) is 140 Å². The summed E-state index contributed by atoms with van der Waals surface area (Å²) in [5.41, 5.74) is 2.40. The van der Waals surface area contributed by atoms with Gasteiger partial charge in [-0.2, -0.15) is 5.10 Å². The van der Waals surface area contributed by atoms with E-state index in [4.69, 9.17) is 64.1 Å². The Labute approximate surface area is 381 Å². The van der Waals surface area contributed by atoms with Gasteiger partial charge < -0.3 is 52.7 Å². The molecule has 1 aliphatic carbocycles. The molecule has 4 aromatic rings. The minimum atomic E-state index is -0.184. The Balaban J connectivity index is 0.910. The number of ether oxygens (including phenoxy) is 10. The van der Waals surface area contributed by atoms with Gasteiger partial charge in [0.2, 0.25) is 5.95 Å². The third kappa shape index (κ3) is 17.4. The fraction of sp³-hybridized carbons (Fsp3) is 0.659. The molecule has 1 N–H and O–H groups in total. The summed E-state index contributed by atoms with van der Waals surface area (Å²) in [6.45, 7) is 13.3. The lowest BCUT2D eigenvalue weighted by Crippen LogP contribution is -2.45. The molecule has 0 bridgehead atoms. The molecule has 0 unspecified atom stereocenters. The quantitative estimate of drug-likeness (QED) is 0.0637. The summed E-state index contributed by atoms with van der Waals surface area (Å²) in [6.07, 6.45) is 13.5. The van der Waals surface area contributed by atoms with Crippen molar-refractivity contribution in [3.8, 4) is 22.8 Å². The lowest BCUT2D eigenvalue weighted by molar-refractivity contribution is -0.0193. The van der Waals surface area contributed by atoms with E-state index >= 15 is 0 Å². The average molecular weight is 917 g/mol. The molecule has 3 aromatic heterocycles. The van der Waals surface area contributed by atoms with Gasteiger partial charge in [-0.3, -0.25) is 9.58 Å². The first kappa shape index (κ1) is 49.4. The first-order valence-corrected chi connectivity index (χ1v) is 22.8. The highest BCUT2D eigenvalue weighted by atomic mass is 35.5. The molecular formula is C44H66ClN9O10. The number of hydrogen-bond donors (Lipinski definition) is 1. The first-order chi connectivity index (χ1) is 31.6. The molecule has 1 saturated carbocycles. The van der Waals surface area contributed by atoms with Crippen molar-refractivity contribution in [2.45, 2.75) is 63.8 Å². The van der Waals surface area contributed by atoms with Crippen molar-refractivity contribution in [2.24, 2.45) is 0 Å². The van der Waals surface area contributed by atoms with E-state index in [1.54, 1.807) is 30.5 Å². The number of methoxy groups -OCH3 is 1. The zero-order chi connectivity index (χ0) is 44.4. The number of hydrogen-bond acceptors (Lipinski definition) is 17. The normalized spacial score (nSPS) is 17.4. The summed E-state index contributed by atoms with van der Waals surface area (Å²) >= 11 is 6.51. The van der Waals surface area contributed by atoms with Gasteiger partial charge in [0.25, 0.3) is 5.88 Å². The molecule has 1 saturated heterocycles. The predicted octanol–water partition coefficient (Wildman–Crippen LogP) is 5.13. The van der Waals surface area contributed by atoms with Crippen LogP contribution in [0.3, 0.4) is 0 Å². The molecule has 0 radical (unpaired) electrons. The van der Waals surface area contributed by atoms with Crippen LogP contribution in [0.2, 0.25) is 5.02 Å². The number of nitrogens with one attached hydrogen (secondary N) is 1. The molecule has 2 aliphatic rings. The zero-order valence-corrected chi connectivity index (χ0v) is 38.1. The average Bonchev–Trinajstić information content (AvgIpc) is 3.99. The van der Waals surface area contributed by atoms with E-state index in [1.807, 2.05) is 36.0 Å². The SMILES string of the molecule is COCCOCCOCCOCCOCCOCCOCCCOc1nn(C2CCC(N3CCOCC3)CC2)cc1Nc1ncc(-c2ccc(Cl)c(O[C@@H](C)Cn3cncn3)c2)cn1. The maximum absolute atomic E-state index is 6.51. The number of halogens is 1.